The van der Waals surface area contributed by atoms with Crippen LogP contribution in [0.5, 0.6) is 0 Å². The minimum atomic E-state index is 0.619. The van der Waals surface area contributed by atoms with E-state index in [4.69, 9.17) is 9.97 Å². The third-order valence-electron chi connectivity index (χ3n) is 10.7. The summed E-state index contributed by atoms with van der Waals surface area (Å²) in [7, 11) is 0. The van der Waals surface area contributed by atoms with Crippen molar-refractivity contribution in [1.29, 1.82) is 5.26 Å². The van der Waals surface area contributed by atoms with Crippen molar-refractivity contribution < 1.29 is 0 Å². The first-order valence-corrected chi connectivity index (χ1v) is 18.1. The molecule has 250 valence electrons. The van der Waals surface area contributed by atoms with E-state index in [0.29, 0.717) is 11.5 Å². The summed E-state index contributed by atoms with van der Waals surface area (Å²) in [6, 6.07) is 63.8. The van der Waals surface area contributed by atoms with Crippen molar-refractivity contribution in [2.45, 2.75) is 0 Å². The summed E-state index contributed by atoms with van der Waals surface area (Å²) in [4.78, 5) is 10.8. The van der Waals surface area contributed by atoms with Gasteiger partial charge in [0, 0.05) is 38.2 Å². The van der Waals surface area contributed by atoms with E-state index in [1.165, 1.54) is 26.9 Å². The fourth-order valence-corrected chi connectivity index (χ4v) is 8.20. The van der Waals surface area contributed by atoms with Gasteiger partial charge in [0.2, 0.25) is 5.95 Å². The highest BCUT2D eigenvalue weighted by Gasteiger charge is 2.20. The maximum atomic E-state index is 9.43. The summed E-state index contributed by atoms with van der Waals surface area (Å²) < 4.78 is 4.56. The molecule has 0 amide bonds. The third kappa shape index (κ3) is 4.57. The Labute approximate surface area is 310 Å². The molecule has 5 nitrogen and oxygen atoms in total. The Hall–Kier alpha value is -7.55. The molecule has 0 unspecified atom stereocenters. The molecule has 0 saturated heterocycles. The highest BCUT2D eigenvalue weighted by atomic mass is 15.2. The van der Waals surface area contributed by atoms with Crippen LogP contribution in [0.15, 0.2) is 176 Å². The first-order valence-electron chi connectivity index (χ1n) is 18.1. The quantitative estimate of drug-likeness (QED) is 0.185. The molecular weight excluding hydrogens is 659 g/mol. The second-order valence-electron chi connectivity index (χ2n) is 13.8. The number of nitriles is 1. The predicted molar refractivity (Wildman–Crippen MR) is 221 cm³/mol. The van der Waals surface area contributed by atoms with E-state index in [1.54, 1.807) is 0 Å². The van der Waals surface area contributed by atoms with Gasteiger partial charge >= 0.3 is 0 Å². The summed E-state index contributed by atoms with van der Waals surface area (Å²) >= 11 is 0. The zero-order chi connectivity index (χ0) is 35.8. The monoisotopic (exact) mass is 687 g/mol. The van der Waals surface area contributed by atoms with Crippen molar-refractivity contribution in [3.8, 4) is 40.1 Å². The summed E-state index contributed by atoms with van der Waals surface area (Å²) in [5.74, 6) is 0.619. The van der Waals surface area contributed by atoms with Crippen LogP contribution in [0.2, 0.25) is 0 Å². The molecule has 0 N–H and O–H groups in total. The first kappa shape index (κ1) is 30.1. The molecule has 5 heteroatoms. The van der Waals surface area contributed by atoms with Crippen LogP contribution in [-0.4, -0.2) is 19.1 Å². The van der Waals surface area contributed by atoms with Crippen LogP contribution in [0.4, 0.5) is 0 Å². The van der Waals surface area contributed by atoms with Crippen molar-refractivity contribution in [3.05, 3.63) is 181 Å². The van der Waals surface area contributed by atoms with Crippen LogP contribution in [0.1, 0.15) is 5.56 Å². The smallest absolute Gasteiger partial charge is 0.235 e. The minimum Gasteiger partial charge on any atom is -0.309 e. The normalized spacial score (nSPS) is 11.7. The predicted octanol–water partition coefficient (Wildman–Crippen LogP) is 12.2. The lowest BCUT2D eigenvalue weighted by Gasteiger charge is -2.14. The average molecular weight is 688 g/mol. The molecule has 0 atom stereocenters. The molecule has 8 aromatic carbocycles. The van der Waals surface area contributed by atoms with Crippen LogP contribution in [-0.2, 0) is 0 Å². The van der Waals surface area contributed by atoms with Crippen molar-refractivity contribution in [1.82, 2.24) is 19.1 Å². The number of nitrogens with zero attached hydrogens (tertiary/aromatic N) is 5. The van der Waals surface area contributed by atoms with Gasteiger partial charge in [0.1, 0.15) is 0 Å². The SMILES string of the molecule is N#Cc1ccc(-c2ccc3nc(-n4c5ccccc5c5cc6ccccc6cc54)nc(-c4ccc5c6ccccc6n(-c6ccccc6)c5c4)c3c2)cc1. The number of hydrogen-bond acceptors (Lipinski definition) is 3. The van der Waals surface area contributed by atoms with Gasteiger partial charge in [0.25, 0.3) is 0 Å². The number of hydrogen-bond donors (Lipinski definition) is 0. The molecule has 0 saturated carbocycles. The molecule has 0 radical (unpaired) electrons. The van der Waals surface area contributed by atoms with Crippen molar-refractivity contribution in [3.63, 3.8) is 0 Å². The van der Waals surface area contributed by atoms with E-state index in [0.717, 1.165) is 66.4 Å². The maximum Gasteiger partial charge on any atom is 0.235 e. The van der Waals surface area contributed by atoms with Crippen LogP contribution in [0.3, 0.4) is 0 Å². The van der Waals surface area contributed by atoms with E-state index >= 15 is 0 Å². The minimum absolute atomic E-state index is 0.619. The standard InChI is InChI=1S/C49H29N5/c50-30-31-18-20-32(21-19-31)35-23-25-43-42(27-35)48(36-22-24-40-38-14-6-8-16-44(38)53(46(40)29-36)37-12-2-1-3-13-37)52-49(51-43)54-45-17-9-7-15-39(45)41-26-33-10-4-5-11-34(33)28-47(41)54/h1-29H. The van der Waals surface area contributed by atoms with Gasteiger partial charge < -0.3 is 4.57 Å². The lowest BCUT2D eigenvalue weighted by molar-refractivity contribution is 1.01. The lowest BCUT2D eigenvalue weighted by atomic mass is 9.99. The summed E-state index contributed by atoms with van der Waals surface area (Å²) in [5, 5.41) is 17.5. The Kier molecular flexibility index (Phi) is 6.55. The molecule has 0 aliphatic heterocycles. The van der Waals surface area contributed by atoms with Gasteiger partial charge in [0.05, 0.1) is 44.9 Å². The highest BCUT2D eigenvalue weighted by molar-refractivity contribution is 6.14. The Balaban J connectivity index is 1.22. The van der Waals surface area contributed by atoms with Crippen molar-refractivity contribution in [2.24, 2.45) is 0 Å². The molecule has 0 spiro atoms. The number of rotatable bonds is 4. The number of para-hydroxylation sites is 3. The van der Waals surface area contributed by atoms with Crippen LogP contribution < -0.4 is 0 Å². The number of aromatic nitrogens is 4. The fourth-order valence-electron chi connectivity index (χ4n) is 8.20. The van der Waals surface area contributed by atoms with E-state index in [1.807, 2.05) is 24.3 Å². The molecule has 0 aliphatic rings. The number of fused-ring (bicyclic) bond motifs is 8. The fraction of sp³-hybridized carbons (Fsp3) is 0. The topological polar surface area (TPSA) is 59.4 Å². The Morgan fingerprint density at radius 3 is 1.80 bits per heavy atom. The zero-order valence-corrected chi connectivity index (χ0v) is 29.0. The molecule has 0 aliphatic carbocycles. The van der Waals surface area contributed by atoms with Crippen LogP contribution >= 0.6 is 0 Å². The molecular formula is C49H29N5. The van der Waals surface area contributed by atoms with Crippen molar-refractivity contribution >= 4 is 65.3 Å². The summed E-state index contributed by atoms with van der Waals surface area (Å²) in [6.07, 6.45) is 0. The molecule has 54 heavy (non-hydrogen) atoms. The van der Waals surface area contributed by atoms with Gasteiger partial charge in [-0.05, 0) is 88.6 Å². The van der Waals surface area contributed by atoms with Gasteiger partial charge in [-0.1, -0.05) is 109 Å². The Morgan fingerprint density at radius 1 is 0.407 bits per heavy atom. The summed E-state index contributed by atoms with van der Waals surface area (Å²) in [5.41, 5.74) is 10.9. The van der Waals surface area contributed by atoms with E-state index in [-0.39, 0.29) is 0 Å². The van der Waals surface area contributed by atoms with Gasteiger partial charge in [0.15, 0.2) is 0 Å². The van der Waals surface area contributed by atoms with Gasteiger partial charge in [-0.15, -0.1) is 0 Å². The Bertz CT molecular complexity index is 3330. The number of benzene rings is 8. The van der Waals surface area contributed by atoms with Gasteiger partial charge in [-0.3, -0.25) is 4.57 Å². The lowest BCUT2D eigenvalue weighted by Crippen LogP contribution is -2.04. The molecule has 11 rings (SSSR count). The maximum absolute atomic E-state index is 9.43. The molecule has 3 aromatic heterocycles. The van der Waals surface area contributed by atoms with E-state index < -0.39 is 0 Å². The molecule has 0 bridgehead atoms. The van der Waals surface area contributed by atoms with Crippen LogP contribution in [0, 0.1) is 11.3 Å². The first-order chi connectivity index (χ1) is 26.7. The van der Waals surface area contributed by atoms with E-state index in [9.17, 15) is 5.26 Å². The highest BCUT2D eigenvalue weighted by Crippen LogP contribution is 2.39. The van der Waals surface area contributed by atoms with E-state index in [2.05, 4.69) is 167 Å². The second kappa shape index (κ2) is 11.7. The van der Waals surface area contributed by atoms with Crippen molar-refractivity contribution in [2.75, 3.05) is 0 Å². The Morgan fingerprint density at radius 2 is 1.02 bits per heavy atom. The van der Waals surface area contributed by atoms with Crippen LogP contribution in [0.25, 0.3) is 99.3 Å². The van der Waals surface area contributed by atoms with Gasteiger partial charge in [-0.2, -0.15) is 5.26 Å². The largest absolute Gasteiger partial charge is 0.309 e. The van der Waals surface area contributed by atoms with Gasteiger partial charge in [-0.25, -0.2) is 9.97 Å². The average Bonchev–Trinajstić information content (AvgIpc) is 3.74. The molecule has 0 fully saturated rings. The zero-order valence-electron chi connectivity index (χ0n) is 29.0. The molecule has 3 heterocycles. The molecule has 11 aromatic rings. The summed E-state index contributed by atoms with van der Waals surface area (Å²) in [6.45, 7) is 0. The second-order valence-corrected chi connectivity index (χ2v) is 13.8. The third-order valence-corrected chi connectivity index (χ3v) is 10.7.